The zero-order valence-electron chi connectivity index (χ0n) is 26.1. The fourth-order valence-electron chi connectivity index (χ4n) is 5.43. The third-order valence-corrected chi connectivity index (χ3v) is 8.10. The maximum absolute atomic E-state index is 13.7. The van der Waals surface area contributed by atoms with E-state index < -0.39 is 54.1 Å². The summed E-state index contributed by atoms with van der Waals surface area (Å²) in [6, 6.07) is 6.58. The van der Waals surface area contributed by atoms with Crippen LogP contribution in [0.3, 0.4) is 0 Å². The Bertz CT molecular complexity index is 1610. The number of carbonyl (C=O) groups is 2. The molecule has 1 N–H and O–H groups in total. The van der Waals surface area contributed by atoms with Crippen LogP contribution in [0.1, 0.15) is 41.7 Å². The molecule has 0 unspecified atom stereocenters. The third-order valence-electron chi connectivity index (χ3n) is 8.10. The van der Waals surface area contributed by atoms with Crippen LogP contribution in [0, 0.1) is 5.41 Å². The van der Waals surface area contributed by atoms with Crippen LogP contribution in [0.25, 0.3) is 0 Å². The lowest BCUT2D eigenvalue weighted by molar-refractivity contribution is -0.149. The molecular weight excluding hydrogens is 648 g/mol. The predicted molar refractivity (Wildman–Crippen MR) is 162 cm³/mol. The number of rotatable bonds is 9. The number of carboxylic acids is 1. The van der Waals surface area contributed by atoms with E-state index in [2.05, 4.69) is 9.97 Å². The number of carboxylic acid groups (broad SMARTS) is 1. The van der Waals surface area contributed by atoms with E-state index in [-0.39, 0.29) is 30.7 Å². The topological polar surface area (TPSA) is 108 Å². The highest BCUT2D eigenvalue weighted by molar-refractivity contribution is 5.92. The lowest BCUT2D eigenvalue weighted by atomic mass is 9.95. The van der Waals surface area contributed by atoms with Crippen molar-refractivity contribution in [1.29, 1.82) is 0 Å². The number of fused-ring (bicyclic) bond motifs is 1. The van der Waals surface area contributed by atoms with Crippen LogP contribution in [0.5, 0.6) is 0 Å². The molecule has 48 heavy (non-hydrogen) atoms. The molecule has 1 amide bonds. The number of nitrogens with zero attached hydrogens (tertiary/aromatic N) is 5. The van der Waals surface area contributed by atoms with Gasteiger partial charge in [0.2, 0.25) is 5.95 Å². The number of hydrogen-bond donors (Lipinski definition) is 1. The largest absolute Gasteiger partial charge is 0.481 e. The molecule has 10 nitrogen and oxygen atoms in total. The van der Waals surface area contributed by atoms with Gasteiger partial charge in [-0.05, 0) is 55.2 Å². The Labute approximate surface area is 271 Å². The van der Waals surface area contributed by atoms with Crippen molar-refractivity contribution in [2.75, 3.05) is 54.2 Å². The summed E-state index contributed by atoms with van der Waals surface area (Å²) in [7, 11) is 0. The van der Waals surface area contributed by atoms with Gasteiger partial charge in [-0.2, -0.15) is 26.3 Å². The second-order valence-corrected chi connectivity index (χ2v) is 12.2. The fourth-order valence-corrected chi connectivity index (χ4v) is 5.43. The quantitative estimate of drug-likeness (QED) is 0.266. The molecule has 16 heteroatoms. The summed E-state index contributed by atoms with van der Waals surface area (Å²) in [6.07, 6.45) is -7.37. The summed E-state index contributed by atoms with van der Waals surface area (Å²) in [6.45, 7) is 4.25. The Balaban J connectivity index is 1.50. The van der Waals surface area contributed by atoms with Gasteiger partial charge < -0.3 is 24.4 Å². The van der Waals surface area contributed by atoms with Gasteiger partial charge in [0.15, 0.2) is 0 Å². The summed E-state index contributed by atoms with van der Waals surface area (Å²) < 4.78 is 93.0. The smallest absolute Gasteiger partial charge is 0.416 e. The van der Waals surface area contributed by atoms with Gasteiger partial charge in [0.25, 0.3) is 0 Å². The van der Waals surface area contributed by atoms with Gasteiger partial charge in [-0.25, -0.2) is 14.8 Å². The van der Waals surface area contributed by atoms with E-state index in [1.807, 2.05) is 4.90 Å². The van der Waals surface area contributed by atoms with Crippen LogP contribution in [-0.2, 0) is 46.1 Å². The van der Waals surface area contributed by atoms with E-state index in [0.717, 1.165) is 5.56 Å². The molecule has 1 aromatic heterocycles. The van der Waals surface area contributed by atoms with Crippen molar-refractivity contribution in [1.82, 2.24) is 9.97 Å². The van der Waals surface area contributed by atoms with Crippen LogP contribution >= 0.6 is 0 Å². The second kappa shape index (κ2) is 13.5. The maximum atomic E-state index is 13.7. The van der Waals surface area contributed by atoms with Crippen molar-refractivity contribution in [2.45, 2.75) is 45.7 Å². The first-order chi connectivity index (χ1) is 22.5. The third kappa shape index (κ3) is 7.91. The number of amides is 1. The summed E-state index contributed by atoms with van der Waals surface area (Å²) in [5, 5.41) is 9.41. The summed E-state index contributed by atoms with van der Waals surface area (Å²) in [5.74, 6) is -1.12. The Kier molecular flexibility index (Phi) is 9.76. The van der Waals surface area contributed by atoms with Gasteiger partial charge in [0.1, 0.15) is 6.61 Å². The van der Waals surface area contributed by atoms with E-state index >= 15 is 0 Å². The van der Waals surface area contributed by atoms with Crippen LogP contribution in [0.15, 0.2) is 48.8 Å². The van der Waals surface area contributed by atoms with Gasteiger partial charge in [0.05, 0.1) is 53.5 Å². The second-order valence-electron chi connectivity index (χ2n) is 12.2. The van der Waals surface area contributed by atoms with Crippen molar-refractivity contribution >= 4 is 29.4 Å². The number of halogens is 6. The molecule has 0 radical (unpaired) electrons. The summed E-state index contributed by atoms with van der Waals surface area (Å²) in [4.78, 5) is 38.3. The van der Waals surface area contributed by atoms with Crippen LogP contribution in [-0.4, -0.2) is 66.6 Å². The van der Waals surface area contributed by atoms with E-state index in [0.29, 0.717) is 61.8 Å². The molecule has 0 atom stereocenters. The fraction of sp³-hybridized carbons (Fsp3) is 0.438. The van der Waals surface area contributed by atoms with E-state index in [1.165, 1.54) is 36.0 Å². The highest BCUT2D eigenvalue weighted by Crippen LogP contribution is 2.38. The van der Waals surface area contributed by atoms with Gasteiger partial charge in [-0.3, -0.25) is 9.69 Å². The van der Waals surface area contributed by atoms with Gasteiger partial charge in [0, 0.05) is 32.7 Å². The van der Waals surface area contributed by atoms with E-state index in [4.69, 9.17) is 9.47 Å². The standard InChI is InChI=1S/C32H33F6N5O5/c1-30(2,27(44)45)19-48-29(46)43-7-6-21-4-3-5-22(26(21)43)18-42(28-39-15-25(16-40-28)41-8-10-47-11-9-41)17-20-12-23(31(33,34)35)14-24(13-20)32(36,37)38/h3-5,12-16H,6-11,17-19H2,1-2H3,(H,44,45). The molecule has 3 aromatic rings. The molecule has 3 heterocycles. The number of carbonyl (C=O) groups excluding carboxylic acids is 1. The number of para-hydroxylation sites is 1. The number of morpholine rings is 1. The molecule has 2 aliphatic heterocycles. The first-order valence-electron chi connectivity index (χ1n) is 15.0. The molecule has 0 saturated carbocycles. The number of benzene rings is 2. The lowest BCUT2D eigenvalue weighted by Crippen LogP contribution is -2.36. The first kappa shape index (κ1) is 34.7. The van der Waals surface area contributed by atoms with Crippen LogP contribution in [0.2, 0.25) is 0 Å². The molecule has 0 aliphatic carbocycles. The van der Waals surface area contributed by atoms with E-state index in [1.54, 1.807) is 18.2 Å². The zero-order chi connectivity index (χ0) is 34.9. The van der Waals surface area contributed by atoms with Crippen molar-refractivity contribution in [3.63, 3.8) is 0 Å². The SMILES string of the molecule is CC(C)(COC(=O)N1CCc2cccc(CN(Cc3cc(C(F)(F)F)cc(C(F)(F)F)c3)c3ncc(N4CCOCC4)cn3)c21)C(=O)O. The van der Waals surface area contributed by atoms with Crippen molar-refractivity contribution in [3.8, 4) is 0 Å². The number of aliphatic carboxylic acids is 1. The van der Waals surface area contributed by atoms with Crippen LogP contribution in [0.4, 0.5) is 48.5 Å². The molecule has 2 aliphatic rings. The minimum Gasteiger partial charge on any atom is -0.481 e. The van der Waals surface area contributed by atoms with Crippen molar-refractivity contribution in [2.24, 2.45) is 5.41 Å². The highest BCUT2D eigenvalue weighted by Gasteiger charge is 2.38. The normalized spacial score (nSPS) is 15.3. The molecule has 0 spiro atoms. The average Bonchev–Trinajstić information content (AvgIpc) is 3.48. The molecular formula is C32H33F6N5O5. The maximum Gasteiger partial charge on any atom is 0.416 e. The molecule has 2 aromatic carbocycles. The number of aromatic nitrogens is 2. The highest BCUT2D eigenvalue weighted by atomic mass is 19.4. The summed E-state index contributed by atoms with van der Waals surface area (Å²) in [5.41, 5.74) is -2.15. The Hall–Kier alpha value is -4.60. The number of anilines is 3. The monoisotopic (exact) mass is 681 g/mol. The lowest BCUT2D eigenvalue weighted by Gasteiger charge is -2.29. The minimum absolute atomic E-state index is 0.0333. The Morgan fingerprint density at radius 3 is 2.15 bits per heavy atom. The molecule has 1 fully saturated rings. The van der Waals surface area contributed by atoms with Crippen molar-refractivity contribution in [3.05, 3.63) is 76.6 Å². The number of ether oxygens (including phenoxy) is 2. The first-order valence-corrected chi connectivity index (χ1v) is 15.0. The molecule has 0 bridgehead atoms. The Morgan fingerprint density at radius 1 is 0.938 bits per heavy atom. The molecule has 258 valence electrons. The zero-order valence-corrected chi connectivity index (χ0v) is 26.1. The van der Waals surface area contributed by atoms with Crippen molar-refractivity contribution < 1.29 is 50.5 Å². The number of alkyl halides is 6. The molecule has 5 rings (SSSR count). The predicted octanol–water partition coefficient (Wildman–Crippen LogP) is 6.17. The van der Waals surface area contributed by atoms with Gasteiger partial charge in [-0.15, -0.1) is 0 Å². The summed E-state index contributed by atoms with van der Waals surface area (Å²) >= 11 is 0. The van der Waals surface area contributed by atoms with Gasteiger partial charge >= 0.3 is 24.4 Å². The molecule has 1 saturated heterocycles. The van der Waals surface area contributed by atoms with E-state index in [9.17, 15) is 41.0 Å². The number of hydrogen-bond acceptors (Lipinski definition) is 8. The van der Waals surface area contributed by atoms with Crippen LogP contribution < -0.4 is 14.7 Å². The average molecular weight is 682 g/mol. The van der Waals surface area contributed by atoms with Gasteiger partial charge in [-0.1, -0.05) is 18.2 Å². The minimum atomic E-state index is -5.03. The Morgan fingerprint density at radius 2 is 1.56 bits per heavy atom.